The minimum absolute atomic E-state index is 0.0320. The van der Waals surface area contributed by atoms with Crippen molar-refractivity contribution in [3.63, 3.8) is 0 Å². The second kappa shape index (κ2) is 5.30. The summed E-state index contributed by atoms with van der Waals surface area (Å²) in [5.74, 6) is 0.302. The van der Waals surface area contributed by atoms with Crippen LogP contribution in [0.5, 0.6) is 0 Å². The minimum Gasteiger partial charge on any atom is -0.411 e. The van der Waals surface area contributed by atoms with Crippen LogP contribution in [0.1, 0.15) is 26.3 Å². The molecule has 0 saturated carbocycles. The van der Waals surface area contributed by atoms with Crippen LogP contribution in [0, 0.1) is 5.92 Å². The van der Waals surface area contributed by atoms with Crippen molar-refractivity contribution in [3.8, 4) is 0 Å². The van der Waals surface area contributed by atoms with Crippen molar-refractivity contribution >= 4 is 16.0 Å². The van der Waals surface area contributed by atoms with Crippen molar-refractivity contribution in [2.45, 2.75) is 32.2 Å². The number of benzene rings is 1. The van der Waals surface area contributed by atoms with Crippen LogP contribution < -0.4 is 0 Å². The summed E-state index contributed by atoms with van der Waals surface area (Å²) in [5, 5.41) is 12.7. The van der Waals surface area contributed by atoms with Gasteiger partial charge in [-0.2, -0.15) is 0 Å². The van der Waals surface area contributed by atoms with Gasteiger partial charge in [0.05, 0.1) is 5.71 Å². The number of oxime groups is 1. The molecular formula is C13H21NOSi. The molecule has 3 heteroatoms. The summed E-state index contributed by atoms with van der Waals surface area (Å²) in [6, 6.07) is 10.4. The maximum Gasteiger partial charge on any atom is 0.0621 e. The van der Waals surface area contributed by atoms with Gasteiger partial charge in [0.15, 0.2) is 0 Å². The molecule has 1 unspecified atom stereocenters. The van der Waals surface area contributed by atoms with Gasteiger partial charge in [0.25, 0.3) is 0 Å². The van der Waals surface area contributed by atoms with Crippen molar-refractivity contribution < 1.29 is 5.21 Å². The quantitative estimate of drug-likeness (QED) is 0.369. The van der Waals surface area contributed by atoms with Crippen LogP contribution in [0.3, 0.4) is 0 Å². The van der Waals surface area contributed by atoms with Gasteiger partial charge in [0, 0.05) is 10.2 Å². The molecule has 1 N–H and O–H groups in total. The maximum absolute atomic E-state index is 9.12. The Balaban J connectivity index is 2.87. The number of nitrogens with zero attached hydrogens (tertiary/aromatic N) is 1. The zero-order valence-corrected chi connectivity index (χ0v) is 12.6. The second-order valence-electron chi connectivity index (χ2n) is 5.19. The molecule has 0 aliphatic heterocycles. The minimum atomic E-state index is 0.0320. The maximum atomic E-state index is 9.12. The lowest BCUT2D eigenvalue weighted by Crippen LogP contribution is -2.28. The summed E-state index contributed by atoms with van der Waals surface area (Å²) in [6.45, 7) is 6.34. The van der Waals surface area contributed by atoms with E-state index in [9.17, 15) is 0 Å². The van der Waals surface area contributed by atoms with Gasteiger partial charge in [-0.05, 0) is 22.9 Å². The third-order valence-electron chi connectivity index (χ3n) is 2.84. The van der Waals surface area contributed by atoms with Crippen molar-refractivity contribution in [2.75, 3.05) is 0 Å². The average Bonchev–Trinajstić information content (AvgIpc) is 2.18. The molecule has 0 saturated heterocycles. The molecule has 0 aromatic heterocycles. The van der Waals surface area contributed by atoms with Gasteiger partial charge in [0.2, 0.25) is 0 Å². The monoisotopic (exact) mass is 235 g/mol. The summed E-state index contributed by atoms with van der Waals surface area (Å²) in [7, 11) is 0.983. The van der Waals surface area contributed by atoms with Gasteiger partial charge < -0.3 is 5.21 Å². The van der Waals surface area contributed by atoms with Crippen LogP contribution in [-0.2, 0) is 6.42 Å². The predicted molar refractivity (Wildman–Crippen MR) is 72.5 cm³/mol. The zero-order valence-electron chi connectivity index (χ0n) is 10.6. The molecule has 2 nitrogen and oxygen atoms in total. The second-order valence-corrected chi connectivity index (χ2v) is 7.39. The van der Waals surface area contributed by atoms with E-state index in [1.165, 1.54) is 5.56 Å². The van der Waals surface area contributed by atoms with E-state index in [0.29, 0.717) is 5.92 Å². The molecule has 0 aliphatic carbocycles. The largest absolute Gasteiger partial charge is 0.411 e. The van der Waals surface area contributed by atoms with E-state index in [2.05, 4.69) is 50.2 Å². The van der Waals surface area contributed by atoms with Gasteiger partial charge in [-0.3, -0.25) is 0 Å². The average molecular weight is 235 g/mol. The van der Waals surface area contributed by atoms with E-state index in [4.69, 9.17) is 5.21 Å². The Labute approximate surface area is 101 Å². The Kier molecular flexibility index (Phi) is 4.30. The van der Waals surface area contributed by atoms with Crippen LogP contribution in [0.2, 0.25) is 5.04 Å². The summed E-state index contributed by atoms with van der Waals surface area (Å²) in [4.78, 5) is 0. The van der Waals surface area contributed by atoms with E-state index in [1.54, 1.807) is 0 Å². The van der Waals surface area contributed by atoms with Gasteiger partial charge in [0.1, 0.15) is 0 Å². The third kappa shape index (κ3) is 3.20. The Morgan fingerprint density at radius 1 is 1.38 bits per heavy atom. The first-order chi connectivity index (χ1) is 7.47. The van der Waals surface area contributed by atoms with E-state index in [1.807, 2.05) is 6.07 Å². The van der Waals surface area contributed by atoms with Crippen LogP contribution >= 0.6 is 0 Å². The molecule has 1 aromatic carbocycles. The molecule has 1 atom stereocenters. The highest BCUT2D eigenvalue weighted by molar-refractivity contribution is 6.29. The van der Waals surface area contributed by atoms with E-state index in [-0.39, 0.29) is 5.04 Å². The lowest BCUT2D eigenvalue weighted by Gasteiger charge is -2.28. The van der Waals surface area contributed by atoms with Gasteiger partial charge in [-0.15, -0.1) is 0 Å². The van der Waals surface area contributed by atoms with Crippen molar-refractivity contribution in [1.29, 1.82) is 0 Å². The van der Waals surface area contributed by atoms with Gasteiger partial charge in [-0.1, -0.05) is 56.3 Å². The van der Waals surface area contributed by atoms with Crippen molar-refractivity contribution in [1.82, 2.24) is 0 Å². The van der Waals surface area contributed by atoms with E-state index < -0.39 is 0 Å². The topological polar surface area (TPSA) is 32.6 Å². The fourth-order valence-corrected chi connectivity index (χ4v) is 3.31. The van der Waals surface area contributed by atoms with Gasteiger partial charge >= 0.3 is 0 Å². The standard InChI is InChI=1S/C13H21NOSi/c1-10(2)12(14-15)13(3,16)9-11-7-5-4-6-8-11/h4-8,10,15H,9H2,1-3,16H3. The van der Waals surface area contributed by atoms with Crippen LogP contribution in [0.25, 0.3) is 0 Å². The smallest absolute Gasteiger partial charge is 0.0621 e. The third-order valence-corrected chi connectivity index (χ3v) is 3.70. The normalized spacial score (nSPS) is 16.4. The van der Waals surface area contributed by atoms with Crippen LogP contribution in [-0.4, -0.2) is 21.2 Å². The molecule has 1 rings (SSSR count). The van der Waals surface area contributed by atoms with E-state index >= 15 is 0 Å². The molecule has 0 bridgehead atoms. The summed E-state index contributed by atoms with van der Waals surface area (Å²) in [6.07, 6.45) is 0.956. The molecule has 16 heavy (non-hydrogen) atoms. The first-order valence-electron chi connectivity index (χ1n) is 5.73. The Morgan fingerprint density at radius 3 is 2.38 bits per heavy atom. The zero-order chi connectivity index (χ0) is 12.2. The Hall–Kier alpha value is -1.09. The summed E-state index contributed by atoms with van der Waals surface area (Å²) in [5.41, 5.74) is 2.23. The molecule has 0 fully saturated rings. The lowest BCUT2D eigenvalue weighted by atomic mass is 9.89. The predicted octanol–water partition coefficient (Wildman–Crippen LogP) is 2.26. The summed E-state index contributed by atoms with van der Waals surface area (Å²) < 4.78 is 0. The van der Waals surface area contributed by atoms with Gasteiger partial charge in [-0.25, -0.2) is 0 Å². The van der Waals surface area contributed by atoms with Crippen LogP contribution in [0.15, 0.2) is 35.5 Å². The molecule has 0 heterocycles. The Bertz CT molecular complexity index is 357. The number of rotatable bonds is 4. The van der Waals surface area contributed by atoms with Crippen LogP contribution in [0.4, 0.5) is 0 Å². The molecule has 0 spiro atoms. The molecule has 0 radical (unpaired) electrons. The molecule has 88 valence electrons. The summed E-state index contributed by atoms with van der Waals surface area (Å²) >= 11 is 0. The van der Waals surface area contributed by atoms with E-state index in [0.717, 1.165) is 22.4 Å². The number of hydrogen-bond acceptors (Lipinski definition) is 2. The fraction of sp³-hybridized carbons (Fsp3) is 0.462. The Morgan fingerprint density at radius 2 is 1.94 bits per heavy atom. The molecule has 1 aromatic rings. The number of hydrogen-bond donors (Lipinski definition) is 1. The highest BCUT2D eigenvalue weighted by atomic mass is 28.1. The fourth-order valence-electron chi connectivity index (χ4n) is 2.23. The van der Waals surface area contributed by atoms with Crippen molar-refractivity contribution in [2.24, 2.45) is 11.1 Å². The highest BCUT2D eigenvalue weighted by Crippen LogP contribution is 2.31. The first-order valence-corrected chi connectivity index (χ1v) is 6.73. The molecule has 0 aliphatic rings. The molecular weight excluding hydrogens is 214 g/mol. The van der Waals surface area contributed by atoms with Crippen molar-refractivity contribution in [3.05, 3.63) is 35.9 Å². The lowest BCUT2D eigenvalue weighted by molar-refractivity contribution is 0.312. The highest BCUT2D eigenvalue weighted by Gasteiger charge is 2.28. The SMILES string of the molecule is CC(C)C(=NO)C(C)([SiH3])Cc1ccccc1. The molecule has 0 amide bonds. The first kappa shape index (κ1) is 13.0.